The minimum atomic E-state index is -0.560. The minimum Gasteiger partial charge on any atom is -0.444 e. The first-order valence-corrected chi connectivity index (χ1v) is 12.0. The quantitative estimate of drug-likeness (QED) is 0.463. The van der Waals surface area contributed by atoms with Crippen LogP contribution >= 0.6 is 0 Å². The number of hydrogen-bond acceptors (Lipinski definition) is 5. The lowest BCUT2D eigenvalue weighted by molar-refractivity contribution is -0.241. The Hall–Kier alpha value is -2.38. The Morgan fingerprint density at radius 1 is 1.09 bits per heavy atom. The molecule has 1 aliphatic heterocycles. The predicted octanol–water partition coefficient (Wildman–Crippen LogP) is 5.86. The van der Waals surface area contributed by atoms with Crippen molar-refractivity contribution in [3.8, 4) is 0 Å². The van der Waals surface area contributed by atoms with Gasteiger partial charge in [-0.2, -0.15) is 5.06 Å². The van der Waals surface area contributed by atoms with Crippen molar-refractivity contribution in [2.75, 3.05) is 12.4 Å². The van der Waals surface area contributed by atoms with Gasteiger partial charge in [-0.05, 0) is 84.1 Å². The van der Waals surface area contributed by atoms with Gasteiger partial charge in [-0.15, -0.1) is 0 Å². The van der Waals surface area contributed by atoms with Crippen molar-refractivity contribution in [1.82, 2.24) is 10.4 Å². The minimum absolute atomic E-state index is 0.115. The van der Waals surface area contributed by atoms with Crippen LogP contribution in [0.15, 0.2) is 30.4 Å². The molecule has 0 saturated heterocycles. The van der Waals surface area contributed by atoms with Crippen molar-refractivity contribution in [2.24, 2.45) is 5.92 Å². The molecule has 0 aromatic heterocycles. The van der Waals surface area contributed by atoms with E-state index in [0.29, 0.717) is 5.92 Å². The number of nitrogens with one attached hydrogen (secondary N) is 2. The van der Waals surface area contributed by atoms with Crippen LogP contribution in [0.2, 0.25) is 0 Å². The van der Waals surface area contributed by atoms with Crippen molar-refractivity contribution in [3.05, 3.63) is 41.5 Å². The maximum absolute atomic E-state index is 12.6. The number of hydroxylamine groups is 2. The summed E-state index contributed by atoms with van der Waals surface area (Å²) >= 11 is 0. The predicted molar refractivity (Wildman–Crippen MR) is 136 cm³/mol. The van der Waals surface area contributed by atoms with Crippen molar-refractivity contribution in [3.63, 3.8) is 0 Å². The van der Waals surface area contributed by atoms with Crippen LogP contribution in [0.25, 0.3) is 0 Å². The highest BCUT2D eigenvalue weighted by molar-refractivity contribution is 5.91. The molecule has 0 aliphatic carbocycles. The Bertz CT molecular complexity index is 913. The third kappa shape index (κ3) is 6.83. The topological polar surface area (TPSA) is 79.9 Å². The van der Waals surface area contributed by atoms with E-state index in [2.05, 4.69) is 58.2 Å². The van der Waals surface area contributed by atoms with Gasteiger partial charge in [0.15, 0.2) is 0 Å². The molecule has 1 atom stereocenters. The molecule has 1 aromatic carbocycles. The summed E-state index contributed by atoms with van der Waals surface area (Å²) < 4.78 is 5.36. The molecule has 0 radical (unpaired) electrons. The highest BCUT2D eigenvalue weighted by Gasteiger charge is 2.49. The molecule has 0 unspecified atom stereocenters. The van der Waals surface area contributed by atoms with E-state index < -0.39 is 11.7 Å². The molecular weight excluding hydrogens is 430 g/mol. The van der Waals surface area contributed by atoms with Gasteiger partial charge in [-0.3, -0.25) is 4.79 Å². The first-order valence-electron chi connectivity index (χ1n) is 12.0. The Morgan fingerprint density at radius 2 is 1.71 bits per heavy atom. The van der Waals surface area contributed by atoms with E-state index in [1.807, 2.05) is 44.0 Å². The summed E-state index contributed by atoms with van der Waals surface area (Å²) in [5.41, 5.74) is 1.91. The average Bonchev–Trinajstić information content (AvgIpc) is 2.80. The molecule has 2 rings (SSSR count). The van der Waals surface area contributed by atoms with E-state index in [0.717, 1.165) is 17.7 Å². The van der Waals surface area contributed by atoms with E-state index in [9.17, 15) is 9.59 Å². The maximum Gasteiger partial charge on any atom is 0.408 e. The number of alkyl carbamates (subject to hydrolysis) is 1. The van der Waals surface area contributed by atoms with Crippen LogP contribution in [0.1, 0.15) is 86.3 Å². The Morgan fingerprint density at radius 3 is 2.26 bits per heavy atom. The van der Waals surface area contributed by atoms with Crippen LogP contribution in [-0.4, -0.2) is 35.8 Å². The van der Waals surface area contributed by atoms with Crippen LogP contribution in [0.5, 0.6) is 0 Å². The molecule has 34 heavy (non-hydrogen) atoms. The summed E-state index contributed by atoms with van der Waals surface area (Å²) in [5.74, 6) is 0.263. The van der Waals surface area contributed by atoms with E-state index in [-0.39, 0.29) is 29.4 Å². The molecule has 1 aliphatic rings. The normalized spacial score (nSPS) is 18.1. The molecule has 7 heteroatoms. The highest BCUT2D eigenvalue weighted by atomic mass is 16.7. The fourth-order valence-corrected chi connectivity index (χ4v) is 4.74. The van der Waals surface area contributed by atoms with Gasteiger partial charge < -0.3 is 20.2 Å². The number of rotatable bonds is 8. The standard InChI is InChI=1S/C27H43N3O4/c1-18(2)16-19(29-24(32)34-25(3,4)5)12-11-13-23(31)28-20-14-15-21-22(17-20)27(8,9)30(33-10)26(21,6)7/h11-12,14-15,17-19H,13,16H2,1-10H3,(H,28,31)(H,29,32)/b12-11+/t19-/m1/s1. The SMILES string of the molecule is CON1C(C)(C)c2ccc(NC(=O)C/C=C/[C@H](CC(C)C)NC(=O)OC(C)(C)C)cc2C1(C)C. The van der Waals surface area contributed by atoms with Gasteiger partial charge in [0.1, 0.15) is 5.60 Å². The zero-order valence-electron chi connectivity index (χ0n) is 22.5. The number of benzene rings is 1. The number of fused-ring (bicyclic) bond motifs is 1. The van der Waals surface area contributed by atoms with Crippen LogP contribution in [-0.2, 0) is 25.4 Å². The second-order valence-electron chi connectivity index (χ2n) is 11.4. The molecule has 0 saturated carbocycles. The first-order chi connectivity index (χ1) is 15.6. The zero-order valence-corrected chi connectivity index (χ0v) is 22.5. The number of nitrogens with zero attached hydrogens (tertiary/aromatic N) is 1. The molecule has 1 aromatic rings. The molecule has 2 N–H and O–H groups in total. The molecule has 0 spiro atoms. The van der Waals surface area contributed by atoms with Gasteiger partial charge in [-0.25, -0.2) is 4.79 Å². The summed E-state index contributed by atoms with van der Waals surface area (Å²) in [5, 5.41) is 7.87. The van der Waals surface area contributed by atoms with Gasteiger partial charge in [0, 0.05) is 12.1 Å². The molecule has 2 amide bonds. The van der Waals surface area contributed by atoms with E-state index in [1.165, 1.54) is 5.56 Å². The molecule has 0 bridgehead atoms. The van der Waals surface area contributed by atoms with E-state index >= 15 is 0 Å². The molecular formula is C27H43N3O4. The molecule has 190 valence electrons. The number of anilines is 1. The number of amides is 2. The summed E-state index contributed by atoms with van der Waals surface area (Å²) in [4.78, 5) is 30.5. The number of ether oxygens (including phenoxy) is 1. The van der Waals surface area contributed by atoms with Crippen LogP contribution < -0.4 is 10.6 Å². The molecule has 1 heterocycles. The van der Waals surface area contributed by atoms with Crippen LogP contribution in [0.4, 0.5) is 10.5 Å². The van der Waals surface area contributed by atoms with E-state index in [4.69, 9.17) is 9.57 Å². The Labute approximate surface area is 205 Å². The van der Waals surface area contributed by atoms with Crippen molar-refractivity contribution < 1.29 is 19.2 Å². The average molecular weight is 474 g/mol. The summed E-state index contributed by atoms with van der Waals surface area (Å²) in [6.07, 6.45) is 4.17. The number of carbonyl (C=O) groups is 2. The lowest BCUT2D eigenvalue weighted by Crippen LogP contribution is -2.44. The number of hydrogen-bond donors (Lipinski definition) is 2. The van der Waals surface area contributed by atoms with Gasteiger partial charge >= 0.3 is 6.09 Å². The van der Waals surface area contributed by atoms with Crippen LogP contribution in [0.3, 0.4) is 0 Å². The lowest BCUT2D eigenvalue weighted by atomic mass is 9.90. The van der Waals surface area contributed by atoms with Gasteiger partial charge in [0.25, 0.3) is 0 Å². The third-order valence-electron chi connectivity index (χ3n) is 5.92. The molecule has 0 fully saturated rings. The second-order valence-corrected chi connectivity index (χ2v) is 11.4. The zero-order chi connectivity index (χ0) is 25.9. The second kappa shape index (κ2) is 10.5. The fourth-order valence-electron chi connectivity index (χ4n) is 4.74. The van der Waals surface area contributed by atoms with Crippen LogP contribution in [0, 0.1) is 5.92 Å². The van der Waals surface area contributed by atoms with Gasteiger partial charge in [-0.1, -0.05) is 32.1 Å². The smallest absolute Gasteiger partial charge is 0.408 e. The summed E-state index contributed by atoms with van der Waals surface area (Å²) in [6, 6.07) is 5.82. The lowest BCUT2D eigenvalue weighted by Gasteiger charge is -2.38. The largest absolute Gasteiger partial charge is 0.444 e. The monoisotopic (exact) mass is 473 g/mol. The van der Waals surface area contributed by atoms with Crippen molar-refractivity contribution in [1.29, 1.82) is 0 Å². The third-order valence-corrected chi connectivity index (χ3v) is 5.92. The van der Waals surface area contributed by atoms with Gasteiger partial charge in [0.2, 0.25) is 5.91 Å². The fraction of sp³-hybridized carbons (Fsp3) is 0.630. The Kier molecular flexibility index (Phi) is 8.59. The van der Waals surface area contributed by atoms with E-state index in [1.54, 1.807) is 13.2 Å². The maximum atomic E-state index is 12.6. The van der Waals surface area contributed by atoms with Crippen molar-refractivity contribution >= 4 is 17.7 Å². The highest BCUT2D eigenvalue weighted by Crippen LogP contribution is 2.49. The molecule has 7 nitrogen and oxygen atoms in total. The summed E-state index contributed by atoms with van der Waals surface area (Å²) in [6.45, 7) is 18.2. The first kappa shape index (κ1) is 27.9. The number of carbonyl (C=O) groups excluding carboxylic acids is 2. The van der Waals surface area contributed by atoms with Crippen molar-refractivity contribution in [2.45, 2.75) is 97.9 Å². The summed E-state index contributed by atoms with van der Waals surface area (Å²) in [7, 11) is 1.69. The Balaban J connectivity index is 2.05. The van der Waals surface area contributed by atoms with Gasteiger partial charge in [0.05, 0.1) is 24.2 Å².